The summed E-state index contributed by atoms with van der Waals surface area (Å²) in [7, 11) is 1.58. The van der Waals surface area contributed by atoms with Crippen LogP contribution in [0.15, 0.2) is 24.3 Å². The van der Waals surface area contributed by atoms with Crippen LogP contribution in [-0.4, -0.2) is 49.4 Å². The van der Waals surface area contributed by atoms with E-state index in [4.69, 9.17) is 14.6 Å². The van der Waals surface area contributed by atoms with Crippen molar-refractivity contribution >= 4 is 12.0 Å². The number of carbonyl (C=O) groups is 1. The first-order chi connectivity index (χ1) is 10.2. The number of hydrogen-bond donors (Lipinski definition) is 1. The molecule has 0 spiro atoms. The minimum atomic E-state index is -0.966. The van der Waals surface area contributed by atoms with Crippen molar-refractivity contribution in [3.8, 4) is 5.75 Å². The Morgan fingerprint density at radius 1 is 1.43 bits per heavy atom. The average Bonchev–Trinajstić information content (AvgIpc) is 2.74. The number of ether oxygens (including phenoxy) is 2. The lowest BCUT2D eigenvalue weighted by Crippen LogP contribution is -2.25. The molecule has 2 rings (SSSR count). The number of carboxylic acids is 1. The van der Waals surface area contributed by atoms with E-state index in [0.29, 0.717) is 5.75 Å². The molecule has 0 aliphatic carbocycles. The highest BCUT2D eigenvalue weighted by atomic mass is 16.5. The first kappa shape index (κ1) is 15.5. The first-order valence-corrected chi connectivity index (χ1v) is 7.07. The lowest BCUT2D eigenvalue weighted by Gasteiger charge is -2.19. The van der Waals surface area contributed by atoms with Crippen LogP contribution in [0.25, 0.3) is 6.08 Å². The predicted molar refractivity (Wildman–Crippen MR) is 80.4 cm³/mol. The molecule has 114 valence electrons. The molecule has 1 heterocycles. The van der Waals surface area contributed by atoms with Crippen LogP contribution in [0.2, 0.25) is 0 Å². The molecule has 1 N–H and O–H groups in total. The van der Waals surface area contributed by atoms with Gasteiger partial charge in [-0.25, -0.2) is 4.79 Å². The monoisotopic (exact) mass is 291 g/mol. The van der Waals surface area contributed by atoms with Crippen molar-refractivity contribution in [2.75, 3.05) is 33.4 Å². The lowest BCUT2D eigenvalue weighted by molar-refractivity contribution is -0.131. The summed E-state index contributed by atoms with van der Waals surface area (Å²) in [6, 6.07) is 5.87. The SMILES string of the molecule is COc1ccc(CN2CCCOCC2)cc1C=CC(=O)O. The van der Waals surface area contributed by atoms with Gasteiger partial charge in [0.05, 0.1) is 13.7 Å². The second-order valence-electron chi connectivity index (χ2n) is 4.99. The smallest absolute Gasteiger partial charge is 0.328 e. The van der Waals surface area contributed by atoms with E-state index in [1.807, 2.05) is 18.2 Å². The summed E-state index contributed by atoms with van der Waals surface area (Å²) in [5.74, 6) is -0.289. The van der Waals surface area contributed by atoms with Crippen LogP contribution in [0, 0.1) is 0 Å². The molecule has 0 saturated carbocycles. The molecule has 1 aromatic carbocycles. The van der Waals surface area contributed by atoms with Gasteiger partial charge in [-0.3, -0.25) is 4.90 Å². The maximum absolute atomic E-state index is 10.7. The third-order valence-corrected chi connectivity index (χ3v) is 3.42. The zero-order valence-corrected chi connectivity index (χ0v) is 12.2. The van der Waals surface area contributed by atoms with Gasteiger partial charge in [0.15, 0.2) is 0 Å². The van der Waals surface area contributed by atoms with Gasteiger partial charge in [0.2, 0.25) is 0 Å². The van der Waals surface area contributed by atoms with Crippen molar-refractivity contribution in [3.05, 3.63) is 35.4 Å². The fourth-order valence-corrected chi connectivity index (χ4v) is 2.39. The summed E-state index contributed by atoms with van der Waals surface area (Å²) in [5, 5.41) is 8.75. The number of benzene rings is 1. The van der Waals surface area contributed by atoms with Gasteiger partial charge in [0.25, 0.3) is 0 Å². The lowest BCUT2D eigenvalue weighted by atomic mass is 10.1. The Balaban J connectivity index is 2.12. The molecule has 0 radical (unpaired) electrons. The van der Waals surface area contributed by atoms with Gasteiger partial charge in [-0.05, 0) is 30.2 Å². The molecule has 1 aliphatic heterocycles. The van der Waals surface area contributed by atoms with Crippen molar-refractivity contribution in [2.45, 2.75) is 13.0 Å². The van der Waals surface area contributed by atoms with Gasteiger partial charge in [-0.1, -0.05) is 6.07 Å². The molecule has 1 fully saturated rings. The molecule has 1 aliphatic rings. The minimum absolute atomic E-state index is 0.676. The molecule has 1 saturated heterocycles. The van der Waals surface area contributed by atoms with Gasteiger partial charge in [-0.15, -0.1) is 0 Å². The van der Waals surface area contributed by atoms with E-state index in [1.54, 1.807) is 13.2 Å². The summed E-state index contributed by atoms with van der Waals surface area (Å²) in [6.45, 7) is 4.37. The Labute approximate surface area is 124 Å². The molecule has 5 nitrogen and oxygen atoms in total. The van der Waals surface area contributed by atoms with E-state index in [9.17, 15) is 4.79 Å². The number of methoxy groups -OCH3 is 1. The van der Waals surface area contributed by atoms with E-state index >= 15 is 0 Å². The highest BCUT2D eigenvalue weighted by molar-refractivity contribution is 5.85. The molecule has 0 atom stereocenters. The topological polar surface area (TPSA) is 59.0 Å². The van der Waals surface area contributed by atoms with Crippen molar-refractivity contribution < 1.29 is 19.4 Å². The molecule has 21 heavy (non-hydrogen) atoms. The van der Waals surface area contributed by atoms with Gasteiger partial charge in [0.1, 0.15) is 5.75 Å². The Bertz CT molecular complexity index is 505. The van der Waals surface area contributed by atoms with Crippen molar-refractivity contribution in [3.63, 3.8) is 0 Å². The summed E-state index contributed by atoms with van der Waals surface area (Å²) in [4.78, 5) is 13.0. The maximum Gasteiger partial charge on any atom is 0.328 e. The van der Waals surface area contributed by atoms with Gasteiger partial charge in [-0.2, -0.15) is 0 Å². The van der Waals surface area contributed by atoms with Gasteiger partial charge >= 0.3 is 5.97 Å². The highest BCUT2D eigenvalue weighted by Gasteiger charge is 2.10. The zero-order chi connectivity index (χ0) is 15.1. The molecule has 0 aromatic heterocycles. The summed E-state index contributed by atoms with van der Waals surface area (Å²) in [5.41, 5.74) is 1.92. The number of aliphatic carboxylic acids is 1. The second kappa shape index (κ2) is 7.81. The van der Waals surface area contributed by atoms with Crippen molar-refractivity contribution in [1.82, 2.24) is 4.90 Å². The fraction of sp³-hybridized carbons (Fsp3) is 0.438. The molecule has 0 unspecified atom stereocenters. The molecule has 0 amide bonds. The predicted octanol–water partition coefficient (Wildman–Crippen LogP) is 2.02. The highest BCUT2D eigenvalue weighted by Crippen LogP contribution is 2.22. The Morgan fingerprint density at radius 2 is 2.29 bits per heavy atom. The third-order valence-electron chi connectivity index (χ3n) is 3.42. The third kappa shape index (κ3) is 4.88. The Kier molecular flexibility index (Phi) is 5.78. The van der Waals surface area contributed by atoms with Gasteiger partial charge < -0.3 is 14.6 Å². The molecule has 5 heteroatoms. The molecular formula is C16H21NO4. The van der Waals surface area contributed by atoms with Crippen LogP contribution in [0.1, 0.15) is 17.5 Å². The molecule has 1 aromatic rings. The Hall–Kier alpha value is -1.85. The van der Waals surface area contributed by atoms with Crippen LogP contribution >= 0.6 is 0 Å². The minimum Gasteiger partial charge on any atom is -0.496 e. The Morgan fingerprint density at radius 3 is 3.05 bits per heavy atom. The van der Waals surface area contributed by atoms with Crippen LogP contribution in [0.4, 0.5) is 0 Å². The fourth-order valence-electron chi connectivity index (χ4n) is 2.39. The summed E-state index contributed by atoms with van der Waals surface area (Å²) < 4.78 is 10.7. The van der Waals surface area contributed by atoms with Crippen LogP contribution < -0.4 is 4.74 Å². The van der Waals surface area contributed by atoms with Crippen molar-refractivity contribution in [1.29, 1.82) is 0 Å². The number of rotatable bonds is 5. The first-order valence-electron chi connectivity index (χ1n) is 7.07. The normalized spacial score (nSPS) is 16.8. The summed E-state index contributed by atoms with van der Waals surface area (Å²) in [6.07, 6.45) is 3.74. The molecular weight excluding hydrogens is 270 g/mol. The zero-order valence-electron chi connectivity index (χ0n) is 12.2. The van der Waals surface area contributed by atoms with E-state index in [2.05, 4.69) is 4.90 Å². The van der Waals surface area contributed by atoms with E-state index < -0.39 is 5.97 Å². The summed E-state index contributed by atoms with van der Waals surface area (Å²) >= 11 is 0. The quantitative estimate of drug-likeness (QED) is 0.841. The van der Waals surface area contributed by atoms with Crippen molar-refractivity contribution in [2.24, 2.45) is 0 Å². The van der Waals surface area contributed by atoms with E-state index in [-0.39, 0.29) is 0 Å². The van der Waals surface area contributed by atoms with E-state index in [0.717, 1.165) is 56.5 Å². The second-order valence-corrected chi connectivity index (χ2v) is 4.99. The standard InChI is InChI=1S/C16H21NO4/c1-20-15-5-3-13(11-14(15)4-6-16(18)19)12-17-7-2-9-21-10-8-17/h3-6,11H,2,7-10,12H2,1H3,(H,18,19). The van der Waals surface area contributed by atoms with E-state index in [1.165, 1.54) is 0 Å². The number of hydrogen-bond acceptors (Lipinski definition) is 4. The maximum atomic E-state index is 10.7. The van der Waals surface area contributed by atoms with Crippen LogP contribution in [0.3, 0.4) is 0 Å². The van der Waals surface area contributed by atoms with Gasteiger partial charge in [0, 0.05) is 37.9 Å². The largest absolute Gasteiger partial charge is 0.496 e. The number of nitrogens with zero attached hydrogens (tertiary/aromatic N) is 1. The molecule has 0 bridgehead atoms. The van der Waals surface area contributed by atoms with Crippen LogP contribution in [0.5, 0.6) is 5.75 Å². The average molecular weight is 291 g/mol. The van der Waals surface area contributed by atoms with Crippen LogP contribution in [-0.2, 0) is 16.1 Å². The number of carboxylic acid groups (broad SMARTS) is 1.